The molecule has 5 heteroatoms. The summed E-state index contributed by atoms with van der Waals surface area (Å²) in [4.78, 5) is 2.38. The molecule has 0 spiro atoms. The Morgan fingerprint density at radius 3 is 1.90 bits per heavy atom. The van der Waals surface area contributed by atoms with E-state index in [0.717, 1.165) is 35.1 Å². The summed E-state index contributed by atoms with van der Waals surface area (Å²) in [5, 5.41) is 1.88. The standard InChI is InChI=1S/C16H17Br2N3/c17-14-9-13(10-15(18)11-14)12-1-3-16(4-2-12)20-5-7-21(19)8-6-20/h1-4,9-11H,5-8,19H2. The number of benzene rings is 2. The molecule has 1 saturated heterocycles. The van der Waals surface area contributed by atoms with Gasteiger partial charge in [0.1, 0.15) is 0 Å². The lowest BCUT2D eigenvalue weighted by atomic mass is 10.1. The molecular formula is C16H17Br2N3. The van der Waals surface area contributed by atoms with E-state index in [1.807, 2.05) is 11.1 Å². The van der Waals surface area contributed by atoms with Gasteiger partial charge in [0.25, 0.3) is 0 Å². The van der Waals surface area contributed by atoms with Crippen molar-refractivity contribution in [3.05, 3.63) is 51.4 Å². The Morgan fingerprint density at radius 1 is 0.762 bits per heavy atom. The number of nitrogens with zero attached hydrogens (tertiary/aromatic N) is 2. The van der Waals surface area contributed by atoms with E-state index in [-0.39, 0.29) is 0 Å². The molecule has 0 atom stereocenters. The first-order chi connectivity index (χ1) is 10.1. The molecule has 0 amide bonds. The van der Waals surface area contributed by atoms with Gasteiger partial charge in [-0.3, -0.25) is 5.84 Å². The van der Waals surface area contributed by atoms with Gasteiger partial charge in [0.2, 0.25) is 0 Å². The quantitative estimate of drug-likeness (QED) is 0.762. The van der Waals surface area contributed by atoms with Crippen LogP contribution in [0, 0.1) is 0 Å². The van der Waals surface area contributed by atoms with Crippen LogP contribution in [0.15, 0.2) is 51.4 Å². The third kappa shape index (κ3) is 3.66. The summed E-state index contributed by atoms with van der Waals surface area (Å²) < 4.78 is 2.16. The van der Waals surface area contributed by atoms with Crippen LogP contribution < -0.4 is 10.7 Å². The van der Waals surface area contributed by atoms with E-state index in [2.05, 4.69) is 73.2 Å². The molecule has 1 aliphatic heterocycles. The molecule has 1 fully saturated rings. The summed E-state index contributed by atoms with van der Waals surface area (Å²) in [5.74, 6) is 5.80. The molecule has 2 N–H and O–H groups in total. The zero-order valence-corrected chi connectivity index (χ0v) is 14.8. The molecule has 0 aromatic heterocycles. The molecule has 0 bridgehead atoms. The molecule has 1 aliphatic rings. The van der Waals surface area contributed by atoms with Gasteiger partial charge in [-0.25, -0.2) is 5.01 Å². The fourth-order valence-electron chi connectivity index (χ4n) is 2.57. The second kappa shape index (κ2) is 6.48. The van der Waals surface area contributed by atoms with Crippen LogP contribution >= 0.6 is 31.9 Å². The van der Waals surface area contributed by atoms with Gasteiger partial charge in [-0.15, -0.1) is 0 Å². The molecule has 21 heavy (non-hydrogen) atoms. The highest BCUT2D eigenvalue weighted by molar-refractivity contribution is 9.11. The summed E-state index contributed by atoms with van der Waals surface area (Å²) in [7, 11) is 0. The Labute approximate surface area is 142 Å². The SMILES string of the molecule is NN1CCN(c2ccc(-c3cc(Br)cc(Br)c3)cc2)CC1. The van der Waals surface area contributed by atoms with Crippen molar-refractivity contribution in [2.24, 2.45) is 5.84 Å². The number of nitrogens with two attached hydrogens (primary N) is 1. The van der Waals surface area contributed by atoms with E-state index in [9.17, 15) is 0 Å². The Balaban J connectivity index is 1.80. The third-order valence-corrected chi connectivity index (χ3v) is 4.66. The number of hydrogen-bond donors (Lipinski definition) is 1. The number of hydrogen-bond acceptors (Lipinski definition) is 3. The highest BCUT2D eigenvalue weighted by Gasteiger charge is 2.14. The van der Waals surface area contributed by atoms with Gasteiger partial charge < -0.3 is 4.90 Å². The molecule has 3 nitrogen and oxygen atoms in total. The van der Waals surface area contributed by atoms with Crippen molar-refractivity contribution in [3.8, 4) is 11.1 Å². The van der Waals surface area contributed by atoms with Crippen LogP contribution in [0.5, 0.6) is 0 Å². The lowest BCUT2D eigenvalue weighted by Gasteiger charge is -2.33. The number of anilines is 1. The predicted octanol–water partition coefficient (Wildman–Crippen LogP) is 3.87. The van der Waals surface area contributed by atoms with E-state index >= 15 is 0 Å². The maximum Gasteiger partial charge on any atom is 0.0367 e. The van der Waals surface area contributed by atoms with Crippen molar-refractivity contribution in [1.29, 1.82) is 0 Å². The highest BCUT2D eigenvalue weighted by Crippen LogP contribution is 2.29. The molecule has 2 aromatic carbocycles. The molecule has 3 rings (SSSR count). The third-order valence-electron chi connectivity index (χ3n) is 3.74. The van der Waals surface area contributed by atoms with Gasteiger partial charge in [0, 0.05) is 40.8 Å². The summed E-state index contributed by atoms with van der Waals surface area (Å²) >= 11 is 7.08. The van der Waals surface area contributed by atoms with Gasteiger partial charge in [0.05, 0.1) is 0 Å². The maximum atomic E-state index is 5.80. The van der Waals surface area contributed by atoms with Crippen molar-refractivity contribution in [1.82, 2.24) is 5.01 Å². The minimum atomic E-state index is 0.917. The van der Waals surface area contributed by atoms with Gasteiger partial charge in [-0.1, -0.05) is 44.0 Å². The number of halogens is 2. The molecular weight excluding hydrogens is 394 g/mol. The molecule has 110 valence electrons. The Morgan fingerprint density at radius 2 is 1.33 bits per heavy atom. The van der Waals surface area contributed by atoms with E-state index < -0.39 is 0 Å². The summed E-state index contributed by atoms with van der Waals surface area (Å²) in [6.45, 7) is 3.80. The van der Waals surface area contributed by atoms with Crippen molar-refractivity contribution in [2.45, 2.75) is 0 Å². The van der Waals surface area contributed by atoms with E-state index in [0.29, 0.717) is 0 Å². The summed E-state index contributed by atoms with van der Waals surface area (Å²) in [5.41, 5.74) is 3.69. The van der Waals surface area contributed by atoms with E-state index in [4.69, 9.17) is 5.84 Å². The van der Waals surface area contributed by atoms with Crippen molar-refractivity contribution >= 4 is 37.5 Å². The van der Waals surface area contributed by atoms with Crippen LogP contribution in [0.3, 0.4) is 0 Å². The first kappa shape index (κ1) is 15.0. The second-order valence-corrected chi connectivity index (χ2v) is 7.06. The van der Waals surface area contributed by atoms with Gasteiger partial charge in [-0.2, -0.15) is 0 Å². The van der Waals surface area contributed by atoms with Crippen LogP contribution in [0.4, 0.5) is 5.69 Å². The smallest absolute Gasteiger partial charge is 0.0367 e. The van der Waals surface area contributed by atoms with Crippen LogP contribution in [-0.4, -0.2) is 31.2 Å². The Hall–Kier alpha value is -0.880. The van der Waals surface area contributed by atoms with Gasteiger partial charge in [0.15, 0.2) is 0 Å². The first-order valence-electron chi connectivity index (χ1n) is 6.93. The van der Waals surface area contributed by atoms with Crippen molar-refractivity contribution < 1.29 is 0 Å². The topological polar surface area (TPSA) is 32.5 Å². The van der Waals surface area contributed by atoms with Gasteiger partial charge >= 0.3 is 0 Å². The summed E-state index contributed by atoms with van der Waals surface area (Å²) in [6.07, 6.45) is 0. The molecule has 1 heterocycles. The molecule has 0 unspecified atom stereocenters. The fourth-order valence-corrected chi connectivity index (χ4v) is 3.86. The molecule has 0 radical (unpaired) electrons. The van der Waals surface area contributed by atoms with Crippen LogP contribution in [0.25, 0.3) is 11.1 Å². The number of piperazine rings is 1. The minimum absolute atomic E-state index is 0.917. The van der Waals surface area contributed by atoms with E-state index in [1.165, 1.54) is 16.8 Å². The zero-order valence-electron chi connectivity index (χ0n) is 11.6. The normalized spacial score (nSPS) is 16.2. The molecule has 2 aromatic rings. The monoisotopic (exact) mass is 409 g/mol. The Kier molecular flexibility index (Phi) is 4.64. The Bertz CT molecular complexity index is 600. The average molecular weight is 411 g/mol. The zero-order chi connectivity index (χ0) is 14.8. The minimum Gasteiger partial charge on any atom is -0.369 e. The number of hydrazine groups is 1. The van der Waals surface area contributed by atoms with Crippen LogP contribution in [-0.2, 0) is 0 Å². The highest BCUT2D eigenvalue weighted by atomic mass is 79.9. The van der Waals surface area contributed by atoms with Crippen LogP contribution in [0.1, 0.15) is 0 Å². The fraction of sp³-hybridized carbons (Fsp3) is 0.250. The first-order valence-corrected chi connectivity index (χ1v) is 8.51. The largest absolute Gasteiger partial charge is 0.369 e. The van der Waals surface area contributed by atoms with Crippen molar-refractivity contribution in [3.63, 3.8) is 0 Å². The van der Waals surface area contributed by atoms with E-state index in [1.54, 1.807) is 0 Å². The van der Waals surface area contributed by atoms with Gasteiger partial charge in [-0.05, 0) is 41.5 Å². The van der Waals surface area contributed by atoms with Crippen molar-refractivity contribution in [2.75, 3.05) is 31.1 Å². The predicted molar refractivity (Wildman–Crippen MR) is 95.3 cm³/mol. The van der Waals surface area contributed by atoms with Crippen LogP contribution in [0.2, 0.25) is 0 Å². The lowest BCUT2D eigenvalue weighted by molar-refractivity contribution is 0.266. The maximum absolute atomic E-state index is 5.80. The molecule has 0 aliphatic carbocycles. The number of rotatable bonds is 2. The average Bonchev–Trinajstić information content (AvgIpc) is 2.47. The summed E-state index contributed by atoms with van der Waals surface area (Å²) in [6, 6.07) is 15.0. The molecule has 0 saturated carbocycles. The second-order valence-electron chi connectivity index (χ2n) is 5.23. The lowest BCUT2D eigenvalue weighted by Crippen LogP contribution is -2.49.